The molecule has 1 aliphatic heterocycles. The Bertz CT molecular complexity index is 673. The van der Waals surface area contributed by atoms with Gasteiger partial charge in [0.05, 0.1) is 17.7 Å². The van der Waals surface area contributed by atoms with Crippen molar-refractivity contribution in [2.24, 2.45) is 0 Å². The number of piperazine rings is 1. The molecule has 2 aromatic carbocycles. The molecule has 0 saturated carbocycles. The third-order valence-corrected chi connectivity index (χ3v) is 5.33. The number of β-amino-alcohol motifs (C(OH)–C–C–N with tert-alkyl or cyclic N) is 1. The van der Waals surface area contributed by atoms with E-state index in [1.807, 2.05) is 18.2 Å². The molecular weight excluding hydrogens is 380 g/mol. The van der Waals surface area contributed by atoms with Crippen molar-refractivity contribution in [3.05, 3.63) is 64.1 Å². The first-order valence-electron chi connectivity index (χ1n) is 8.66. The minimum absolute atomic E-state index is 0.483. The zero-order valence-corrected chi connectivity index (χ0v) is 16.2. The Morgan fingerprint density at radius 3 is 2.36 bits per heavy atom. The monoisotopic (exact) mass is 404 g/mol. The highest BCUT2D eigenvalue weighted by Gasteiger charge is 2.20. The summed E-state index contributed by atoms with van der Waals surface area (Å²) in [4.78, 5) is 4.81. The molecule has 0 bridgehead atoms. The van der Waals surface area contributed by atoms with Crippen LogP contribution in [-0.4, -0.2) is 54.7 Å². The van der Waals surface area contributed by atoms with Crippen LogP contribution in [0.4, 0.5) is 0 Å². The van der Waals surface area contributed by atoms with Crippen LogP contribution in [0, 0.1) is 0 Å². The summed E-state index contributed by atoms with van der Waals surface area (Å²) >= 11 is 3.48. The van der Waals surface area contributed by atoms with Crippen molar-refractivity contribution in [3.8, 4) is 5.75 Å². The zero-order chi connectivity index (χ0) is 17.6. The normalized spacial score (nSPS) is 17.4. The van der Waals surface area contributed by atoms with Gasteiger partial charge in [-0.05, 0) is 39.2 Å². The van der Waals surface area contributed by atoms with Crippen LogP contribution in [0.1, 0.15) is 17.2 Å². The standard InChI is InChI=1S/C20H25BrN2O2/c1-25-20-8-7-17(13-18(20)21)19(24)15-23-11-9-22(10-12-23)14-16-5-3-2-4-6-16/h2-8,13,19,24H,9-12,14-15H2,1H3. The van der Waals surface area contributed by atoms with E-state index in [1.54, 1.807) is 7.11 Å². The van der Waals surface area contributed by atoms with Crippen LogP contribution >= 0.6 is 15.9 Å². The molecule has 4 nitrogen and oxygen atoms in total. The van der Waals surface area contributed by atoms with Crippen LogP contribution in [0.3, 0.4) is 0 Å². The van der Waals surface area contributed by atoms with E-state index in [9.17, 15) is 5.11 Å². The van der Waals surface area contributed by atoms with Gasteiger partial charge in [-0.2, -0.15) is 0 Å². The lowest BCUT2D eigenvalue weighted by atomic mass is 10.1. The van der Waals surface area contributed by atoms with Gasteiger partial charge in [0.2, 0.25) is 0 Å². The van der Waals surface area contributed by atoms with Gasteiger partial charge in [0, 0.05) is 39.3 Å². The Kier molecular flexibility index (Phi) is 6.48. The summed E-state index contributed by atoms with van der Waals surface area (Å²) in [6.07, 6.45) is -0.483. The number of aliphatic hydroxyl groups is 1. The average molecular weight is 405 g/mol. The van der Waals surface area contributed by atoms with E-state index < -0.39 is 6.10 Å². The van der Waals surface area contributed by atoms with Crippen molar-refractivity contribution in [1.29, 1.82) is 0 Å². The minimum atomic E-state index is -0.483. The first-order chi connectivity index (χ1) is 12.2. The summed E-state index contributed by atoms with van der Waals surface area (Å²) in [5.41, 5.74) is 2.28. The third-order valence-electron chi connectivity index (χ3n) is 4.71. The van der Waals surface area contributed by atoms with Crippen molar-refractivity contribution in [1.82, 2.24) is 9.80 Å². The lowest BCUT2D eigenvalue weighted by Gasteiger charge is -2.35. The fourth-order valence-electron chi connectivity index (χ4n) is 3.21. The molecule has 2 aromatic rings. The second-order valence-electron chi connectivity index (χ2n) is 6.47. The smallest absolute Gasteiger partial charge is 0.133 e. The minimum Gasteiger partial charge on any atom is -0.496 e. The van der Waals surface area contributed by atoms with Crippen molar-refractivity contribution >= 4 is 15.9 Å². The topological polar surface area (TPSA) is 35.9 Å². The third kappa shape index (κ3) is 5.05. The largest absolute Gasteiger partial charge is 0.496 e. The number of hydrogen-bond acceptors (Lipinski definition) is 4. The molecule has 1 aliphatic rings. The van der Waals surface area contributed by atoms with Gasteiger partial charge in [-0.15, -0.1) is 0 Å². The van der Waals surface area contributed by atoms with E-state index in [0.717, 1.165) is 48.5 Å². The van der Waals surface area contributed by atoms with Gasteiger partial charge in [0.25, 0.3) is 0 Å². The molecule has 1 fully saturated rings. The summed E-state index contributed by atoms with van der Waals surface area (Å²) in [5, 5.41) is 10.5. The molecule has 0 aromatic heterocycles. The molecule has 0 radical (unpaired) electrons. The van der Waals surface area contributed by atoms with Crippen LogP contribution in [0.25, 0.3) is 0 Å². The Balaban J connectivity index is 1.49. The molecule has 0 aliphatic carbocycles. The number of hydrogen-bond donors (Lipinski definition) is 1. The van der Waals surface area contributed by atoms with Gasteiger partial charge in [-0.1, -0.05) is 36.4 Å². The number of methoxy groups -OCH3 is 1. The molecule has 1 heterocycles. The van der Waals surface area contributed by atoms with Crippen molar-refractivity contribution < 1.29 is 9.84 Å². The first kappa shape index (κ1) is 18.4. The van der Waals surface area contributed by atoms with Crippen LogP contribution in [0.15, 0.2) is 53.0 Å². The van der Waals surface area contributed by atoms with Crippen molar-refractivity contribution in [3.63, 3.8) is 0 Å². The van der Waals surface area contributed by atoms with Crippen LogP contribution in [0.5, 0.6) is 5.75 Å². The molecule has 5 heteroatoms. The summed E-state index contributed by atoms with van der Waals surface area (Å²) in [6.45, 7) is 5.71. The van der Waals surface area contributed by atoms with E-state index in [4.69, 9.17) is 4.74 Å². The predicted molar refractivity (Wildman–Crippen MR) is 104 cm³/mol. The fraction of sp³-hybridized carbons (Fsp3) is 0.400. The van der Waals surface area contributed by atoms with E-state index >= 15 is 0 Å². The highest BCUT2D eigenvalue weighted by molar-refractivity contribution is 9.10. The molecule has 134 valence electrons. The van der Waals surface area contributed by atoms with E-state index in [0.29, 0.717) is 6.54 Å². The van der Waals surface area contributed by atoms with Gasteiger partial charge in [0.15, 0.2) is 0 Å². The highest BCUT2D eigenvalue weighted by atomic mass is 79.9. The van der Waals surface area contributed by atoms with Gasteiger partial charge < -0.3 is 9.84 Å². The van der Waals surface area contributed by atoms with Crippen molar-refractivity contribution in [2.45, 2.75) is 12.6 Å². The fourth-order valence-corrected chi connectivity index (χ4v) is 3.77. The summed E-state index contributed by atoms with van der Waals surface area (Å²) in [7, 11) is 1.64. The number of benzene rings is 2. The Morgan fingerprint density at radius 1 is 1.04 bits per heavy atom. The maximum Gasteiger partial charge on any atom is 0.133 e. The van der Waals surface area contributed by atoms with Crippen LogP contribution < -0.4 is 4.74 Å². The second-order valence-corrected chi connectivity index (χ2v) is 7.33. The van der Waals surface area contributed by atoms with E-state index in [1.165, 1.54) is 5.56 Å². The Labute approximate surface area is 158 Å². The maximum absolute atomic E-state index is 10.5. The summed E-state index contributed by atoms with van der Waals surface area (Å²) < 4.78 is 6.12. The Hall–Kier alpha value is -1.40. The molecule has 0 spiro atoms. The number of ether oxygens (including phenoxy) is 1. The van der Waals surface area contributed by atoms with Gasteiger partial charge in [0.1, 0.15) is 5.75 Å². The van der Waals surface area contributed by atoms with E-state index in [-0.39, 0.29) is 0 Å². The quantitative estimate of drug-likeness (QED) is 0.800. The molecule has 25 heavy (non-hydrogen) atoms. The SMILES string of the molecule is COc1ccc(C(O)CN2CCN(Cc3ccccc3)CC2)cc1Br. The summed E-state index contributed by atoms with van der Waals surface area (Å²) in [5.74, 6) is 0.783. The van der Waals surface area contributed by atoms with Crippen LogP contribution in [-0.2, 0) is 6.54 Å². The number of halogens is 1. The lowest BCUT2D eigenvalue weighted by Crippen LogP contribution is -2.47. The molecule has 3 rings (SSSR count). The highest BCUT2D eigenvalue weighted by Crippen LogP contribution is 2.28. The molecule has 1 N–H and O–H groups in total. The molecule has 1 atom stereocenters. The number of aliphatic hydroxyl groups excluding tert-OH is 1. The van der Waals surface area contributed by atoms with Gasteiger partial charge in [-0.25, -0.2) is 0 Å². The zero-order valence-electron chi connectivity index (χ0n) is 14.6. The first-order valence-corrected chi connectivity index (χ1v) is 9.45. The van der Waals surface area contributed by atoms with Gasteiger partial charge in [-0.3, -0.25) is 9.80 Å². The predicted octanol–water partition coefficient (Wildman–Crippen LogP) is 3.31. The Morgan fingerprint density at radius 2 is 1.72 bits per heavy atom. The molecule has 1 unspecified atom stereocenters. The van der Waals surface area contributed by atoms with Gasteiger partial charge >= 0.3 is 0 Å². The summed E-state index contributed by atoms with van der Waals surface area (Å²) in [6, 6.07) is 16.4. The average Bonchev–Trinajstić information content (AvgIpc) is 2.64. The maximum atomic E-state index is 10.5. The second kappa shape index (κ2) is 8.81. The number of nitrogens with zero attached hydrogens (tertiary/aromatic N) is 2. The van der Waals surface area contributed by atoms with Crippen molar-refractivity contribution in [2.75, 3.05) is 39.8 Å². The lowest BCUT2D eigenvalue weighted by molar-refractivity contribution is 0.0700. The molecule has 0 amide bonds. The molecular formula is C20H25BrN2O2. The number of rotatable bonds is 6. The molecule has 1 saturated heterocycles. The van der Waals surface area contributed by atoms with Crippen LogP contribution in [0.2, 0.25) is 0 Å². The van der Waals surface area contributed by atoms with E-state index in [2.05, 4.69) is 56.1 Å².